The number of halogens is 1. The first kappa shape index (κ1) is 21.7. The quantitative estimate of drug-likeness (QED) is 0.661. The van der Waals surface area contributed by atoms with E-state index in [4.69, 9.17) is 21.6 Å². The Balaban J connectivity index is 1.30. The number of aromatic nitrogens is 4. The highest BCUT2D eigenvalue weighted by molar-refractivity contribution is 7.85. The predicted molar refractivity (Wildman–Crippen MR) is 127 cm³/mol. The van der Waals surface area contributed by atoms with Gasteiger partial charge in [0.25, 0.3) is 0 Å². The van der Waals surface area contributed by atoms with Gasteiger partial charge in [-0.15, -0.1) is 0 Å². The smallest absolute Gasteiger partial charge is 0.227 e. The van der Waals surface area contributed by atoms with Crippen LogP contribution in [0.3, 0.4) is 0 Å². The summed E-state index contributed by atoms with van der Waals surface area (Å²) >= 11 is 5.96. The summed E-state index contributed by atoms with van der Waals surface area (Å²) in [6, 6.07) is 0. The fourth-order valence-corrected chi connectivity index (χ4v) is 7.39. The van der Waals surface area contributed by atoms with Crippen molar-refractivity contribution in [3.8, 4) is 0 Å². The molecule has 4 aliphatic rings. The van der Waals surface area contributed by atoms with E-state index in [2.05, 4.69) is 20.2 Å². The summed E-state index contributed by atoms with van der Waals surface area (Å²) in [6.45, 7) is 1.74. The van der Waals surface area contributed by atoms with Crippen molar-refractivity contribution in [1.29, 1.82) is 0 Å². The zero-order valence-electron chi connectivity index (χ0n) is 18.6. The van der Waals surface area contributed by atoms with E-state index in [1.54, 1.807) is 12.4 Å². The molecule has 0 bridgehead atoms. The molecule has 0 amide bonds. The van der Waals surface area contributed by atoms with Gasteiger partial charge in [-0.2, -0.15) is 4.98 Å². The molecule has 1 spiro atoms. The van der Waals surface area contributed by atoms with Crippen molar-refractivity contribution in [2.45, 2.75) is 73.1 Å². The van der Waals surface area contributed by atoms with E-state index in [-0.39, 0.29) is 23.5 Å². The van der Waals surface area contributed by atoms with Crippen LogP contribution in [0.5, 0.6) is 0 Å². The van der Waals surface area contributed by atoms with Crippen molar-refractivity contribution in [3.05, 3.63) is 28.9 Å². The van der Waals surface area contributed by atoms with Crippen LogP contribution in [0.2, 0.25) is 5.02 Å². The summed E-state index contributed by atoms with van der Waals surface area (Å²) in [6.07, 6.45) is 11.2. The summed E-state index contributed by atoms with van der Waals surface area (Å²) in [4.78, 5) is 21.9. The molecule has 2 aliphatic carbocycles. The monoisotopic (exact) mass is 488 g/mol. The van der Waals surface area contributed by atoms with Gasteiger partial charge in [0.1, 0.15) is 16.5 Å². The van der Waals surface area contributed by atoms with E-state index < -0.39 is 10.8 Å². The average Bonchev–Trinajstić information content (AvgIpc) is 3.55. The molecular formula is C23H29ClN6O2S. The fourth-order valence-electron chi connectivity index (χ4n) is 5.43. The minimum Gasteiger partial charge on any atom is -0.394 e. The Hall–Kier alpha value is -1.84. The fraction of sp³-hybridized carbons (Fsp3) is 0.652. The standard InChI is InChI=1S/C23H29ClN6O2S/c24-16-11-25-19(26-12-16)15-3-1-9-30(10-4-15)21-27-18-17(33(32)14-22(18)7-8-22)20(28-21)29-23(13-31)5-2-6-23/h11-12,15,31H,1-10,13-14H2,(H,27,28,29)/t15?,33-/m0/s1. The molecule has 2 saturated carbocycles. The number of fused-ring (bicyclic) bond motifs is 2. The molecule has 0 aromatic carbocycles. The zero-order chi connectivity index (χ0) is 22.6. The molecule has 2 aromatic heterocycles. The van der Waals surface area contributed by atoms with Crippen LogP contribution in [-0.2, 0) is 16.2 Å². The van der Waals surface area contributed by atoms with Gasteiger partial charge < -0.3 is 15.3 Å². The summed E-state index contributed by atoms with van der Waals surface area (Å²) in [5, 5.41) is 14.1. The maximum absolute atomic E-state index is 13.1. The lowest BCUT2D eigenvalue weighted by Gasteiger charge is -2.41. The first-order valence-corrected chi connectivity index (χ1v) is 13.6. The second-order valence-corrected chi connectivity index (χ2v) is 11.9. The van der Waals surface area contributed by atoms with Crippen LogP contribution >= 0.6 is 11.6 Å². The molecule has 10 heteroatoms. The highest BCUT2D eigenvalue weighted by Gasteiger charge is 2.55. The molecule has 4 heterocycles. The number of hydrogen-bond donors (Lipinski definition) is 2. The maximum atomic E-state index is 13.1. The van der Waals surface area contributed by atoms with Crippen molar-refractivity contribution < 1.29 is 9.32 Å². The lowest BCUT2D eigenvalue weighted by molar-refractivity contribution is 0.143. The third-order valence-electron chi connectivity index (χ3n) is 7.86. The first-order valence-electron chi connectivity index (χ1n) is 11.9. The van der Waals surface area contributed by atoms with Gasteiger partial charge in [0.15, 0.2) is 0 Å². The van der Waals surface area contributed by atoms with E-state index in [1.807, 2.05) is 0 Å². The molecule has 1 unspecified atom stereocenters. The number of rotatable bonds is 5. The normalized spacial score (nSPS) is 27.0. The number of anilines is 2. The van der Waals surface area contributed by atoms with Gasteiger partial charge >= 0.3 is 0 Å². The van der Waals surface area contributed by atoms with Gasteiger partial charge in [0.05, 0.1) is 33.7 Å². The second-order valence-electron chi connectivity index (χ2n) is 10.1. The van der Waals surface area contributed by atoms with Gasteiger partial charge in [0.2, 0.25) is 5.95 Å². The van der Waals surface area contributed by atoms with Crippen LogP contribution in [0.1, 0.15) is 68.8 Å². The Kier molecular flexibility index (Phi) is 5.34. The van der Waals surface area contributed by atoms with Crippen molar-refractivity contribution in [3.63, 3.8) is 0 Å². The summed E-state index contributed by atoms with van der Waals surface area (Å²) in [5.41, 5.74) is 0.590. The molecule has 0 radical (unpaired) electrons. The zero-order valence-corrected chi connectivity index (χ0v) is 20.2. The maximum Gasteiger partial charge on any atom is 0.227 e. The molecule has 2 atom stereocenters. The van der Waals surface area contributed by atoms with Crippen LogP contribution in [0.4, 0.5) is 11.8 Å². The van der Waals surface area contributed by atoms with Crippen molar-refractivity contribution >= 4 is 34.2 Å². The number of nitrogens with one attached hydrogen (secondary N) is 1. The van der Waals surface area contributed by atoms with E-state index in [1.165, 1.54) is 0 Å². The number of aliphatic hydroxyl groups excluding tert-OH is 1. The minimum absolute atomic E-state index is 0.0359. The van der Waals surface area contributed by atoms with Crippen LogP contribution in [0.15, 0.2) is 17.3 Å². The van der Waals surface area contributed by atoms with Gasteiger partial charge in [-0.25, -0.2) is 15.0 Å². The lowest BCUT2D eigenvalue weighted by atomic mass is 9.77. The van der Waals surface area contributed by atoms with E-state index in [0.29, 0.717) is 22.5 Å². The van der Waals surface area contributed by atoms with Crippen LogP contribution in [0.25, 0.3) is 0 Å². The largest absolute Gasteiger partial charge is 0.394 e. The van der Waals surface area contributed by atoms with Gasteiger partial charge in [-0.1, -0.05) is 11.6 Å². The van der Waals surface area contributed by atoms with Gasteiger partial charge in [-0.05, 0) is 51.4 Å². The van der Waals surface area contributed by atoms with Gasteiger partial charge in [-0.3, -0.25) is 4.21 Å². The van der Waals surface area contributed by atoms with Crippen LogP contribution in [-0.4, -0.2) is 60.2 Å². The summed E-state index contributed by atoms with van der Waals surface area (Å²) < 4.78 is 13.1. The Morgan fingerprint density at radius 3 is 2.58 bits per heavy atom. The third kappa shape index (κ3) is 3.82. The Labute approximate surface area is 201 Å². The van der Waals surface area contributed by atoms with E-state index in [9.17, 15) is 9.32 Å². The highest BCUT2D eigenvalue weighted by atomic mass is 35.5. The summed E-state index contributed by atoms with van der Waals surface area (Å²) in [7, 11) is -1.10. The van der Waals surface area contributed by atoms with Crippen LogP contribution in [0, 0.1) is 0 Å². The molecule has 3 fully saturated rings. The van der Waals surface area contributed by atoms with Crippen molar-refractivity contribution in [2.75, 3.05) is 35.7 Å². The molecule has 2 aliphatic heterocycles. The predicted octanol–water partition coefficient (Wildman–Crippen LogP) is 3.17. The van der Waals surface area contributed by atoms with Crippen molar-refractivity contribution in [1.82, 2.24) is 19.9 Å². The molecule has 33 heavy (non-hydrogen) atoms. The average molecular weight is 489 g/mol. The van der Waals surface area contributed by atoms with E-state index in [0.717, 1.165) is 80.9 Å². The van der Waals surface area contributed by atoms with Crippen LogP contribution < -0.4 is 10.2 Å². The Bertz CT molecular complexity index is 1080. The molecule has 176 valence electrons. The molecule has 2 N–H and O–H groups in total. The van der Waals surface area contributed by atoms with E-state index >= 15 is 0 Å². The topological polar surface area (TPSA) is 104 Å². The number of aliphatic hydroxyl groups is 1. The Morgan fingerprint density at radius 1 is 1.12 bits per heavy atom. The molecular weight excluding hydrogens is 460 g/mol. The minimum atomic E-state index is -1.10. The molecule has 2 aromatic rings. The molecule has 8 nitrogen and oxygen atoms in total. The second kappa shape index (κ2) is 8.13. The molecule has 6 rings (SSSR count). The summed E-state index contributed by atoms with van der Waals surface area (Å²) in [5.74, 6) is 3.17. The Morgan fingerprint density at radius 2 is 1.91 bits per heavy atom. The van der Waals surface area contributed by atoms with Crippen molar-refractivity contribution in [2.24, 2.45) is 0 Å². The SMILES string of the molecule is O=[S@]1CC2(CC2)c2nc(N3CCCC(c4ncc(Cl)cn4)CC3)nc(NC3(CO)CCC3)c21. The lowest BCUT2D eigenvalue weighted by Crippen LogP contribution is -2.48. The third-order valence-corrected chi connectivity index (χ3v) is 9.71. The molecule has 1 saturated heterocycles. The number of hydrogen-bond acceptors (Lipinski definition) is 8. The highest BCUT2D eigenvalue weighted by Crippen LogP contribution is 2.56. The first-order chi connectivity index (χ1) is 16.0. The van der Waals surface area contributed by atoms with Gasteiger partial charge in [0, 0.05) is 42.6 Å². The number of nitrogens with zero attached hydrogens (tertiary/aromatic N) is 5.